The van der Waals surface area contributed by atoms with Crippen LogP contribution in [0, 0.1) is 11.8 Å². The van der Waals surface area contributed by atoms with Gasteiger partial charge in [0.2, 0.25) is 17.7 Å². The van der Waals surface area contributed by atoms with Gasteiger partial charge in [-0.05, 0) is 49.6 Å². The number of nitrogens with two attached hydrogens (primary N) is 1. The zero-order valence-electron chi connectivity index (χ0n) is 25.8. The zero-order chi connectivity index (χ0) is 31.0. The number of rotatable bonds is 18. The lowest BCUT2D eigenvalue weighted by molar-refractivity contribution is -0.135. The molecular weight excluding hydrogens is 562 g/mol. The maximum Gasteiger partial charge on any atom is 0.249 e. The maximum atomic E-state index is 13.7. The van der Waals surface area contributed by atoms with Crippen LogP contribution in [-0.4, -0.2) is 52.5 Å². The van der Waals surface area contributed by atoms with Gasteiger partial charge in [0.1, 0.15) is 17.2 Å². The first-order chi connectivity index (χ1) is 20.8. The SMILES string of the molecule is CC(C)CC(NC(CC1CCCCC1)C(O)c1nccs1)C(=O)NC(=O)C(Cc1ccccc1)NC(=O)CCCCCN. The summed E-state index contributed by atoms with van der Waals surface area (Å²) in [7, 11) is 0. The molecule has 6 N–H and O–H groups in total. The molecule has 4 atom stereocenters. The molecule has 0 saturated heterocycles. The van der Waals surface area contributed by atoms with Crippen LogP contribution in [0.3, 0.4) is 0 Å². The molecule has 3 rings (SSSR count). The number of aliphatic hydroxyl groups excluding tert-OH is 1. The summed E-state index contributed by atoms with van der Waals surface area (Å²) in [5, 5.41) is 22.7. The normalized spacial score (nSPS) is 16.8. The number of unbranched alkanes of at least 4 members (excludes halogenated alkanes) is 2. The summed E-state index contributed by atoms with van der Waals surface area (Å²) in [6, 6.07) is 7.48. The number of aliphatic hydroxyl groups is 1. The Morgan fingerprint density at radius 1 is 1.02 bits per heavy atom. The van der Waals surface area contributed by atoms with E-state index in [9.17, 15) is 19.5 Å². The smallest absolute Gasteiger partial charge is 0.249 e. The zero-order valence-corrected chi connectivity index (χ0v) is 26.6. The number of imide groups is 1. The number of nitrogens with one attached hydrogen (secondary N) is 3. The molecule has 0 radical (unpaired) electrons. The lowest BCUT2D eigenvalue weighted by Crippen LogP contribution is -2.56. The second-order valence-electron chi connectivity index (χ2n) is 12.3. The van der Waals surface area contributed by atoms with Gasteiger partial charge in [0.15, 0.2) is 0 Å². The van der Waals surface area contributed by atoms with Gasteiger partial charge in [-0.25, -0.2) is 4.98 Å². The molecule has 43 heavy (non-hydrogen) atoms. The van der Waals surface area contributed by atoms with E-state index in [4.69, 9.17) is 5.73 Å². The number of amides is 3. The highest BCUT2D eigenvalue weighted by molar-refractivity contribution is 7.09. The Morgan fingerprint density at radius 3 is 2.40 bits per heavy atom. The third-order valence-corrected chi connectivity index (χ3v) is 8.97. The van der Waals surface area contributed by atoms with E-state index in [1.165, 1.54) is 30.6 Å². The molecule has 4 unspecified atom stereocenters. The lowest BCUT2D eigenvalue weighted by atomic mass is 9.83. The molecule has 1 heterocycles. The van der Waals surface area contributed by atoms with Crippen LogP contribution in [0.4, 0.5) is 0 Å². The molecule has 1 aromatic heterocycles. The predicted octanol–water partition coefficient (Wildman–Crippen LogP) is 4.41. The second-order valence-corrected chi connectivity index (χ2v) is 13.2. The fourth-order valence-electron chi connectivity index (χ4n) is 5.83. The van der Waals surface area contributed by atoms with Crippen molar-refractivity contribution in [2.24, 2.45) is 17.6 Å². The maximum absolute atomic E-state index is 13.7. The standard InChI is InChI=1S/C33H51N5O4S/c1-23(2)20-27(36-26(21-24-12-6-3-7-13-24)30(40)33-35-18-19-43-33)31(41)38-32(42)28(22-25-14-8-4-9-15-25)37-29(39)16-10-5-11-17-34/h4,8-9,14-15,18-19,23-24,26-28,30,36,40H,3,5-7,10-13,16-17,20-22,34H2,1-2H3,(H,37,39)(H,38,41,42). The molecule has 238 valence electrons. The molecule has 0 spiro atoms. The first-order valence-electron chi connectivity index (χ1n) is 16.0. The van der Waals surface area contributed by atoms with Crippen LogP contribution in [-0.2, 0) is 20.8 Å². The summed E-state index contributed by atoms with van der Waals surface area (Å²) in [5.41, 5.74) is 6.45. The molecule has 1 fully saturated rings. The molecule has 1 aliphatic carbocycles. The quantitative estimate of drug-likeness (QED) is 0.157. The summed E-state index contributed by atoms with van der Waals surface area (Å²) in [5.74, 6) is -0.589. The van der Waals surface area contributed by atoms with Crippen molar-refractivity contribution in [3.8, 4) is 0 Å². The van der Waals surface area contributed by atoms with Gasteiger partial charge in [0.05, 0.1) is 6.04 Å². The van der Waals surface area contributed by atoms with E-state index in [2.05, 4.69) is 20.9 Å². The van der Waals surface area contributed by atoms with Gasteiger partial charge in [0, 0.05) is 30.5 Å². The lowest BCUT2D eigenvalue weighted by Gasteiger charge is -2.33. The minimum absolute atomic E-state index is 0.166. The van der Waals surface area contributed by atoms with E-state index in [1.807, 2.05) is 49.6 Å². The average molecular weight is 614 g/mol. The van der Waals surface area contributed by atoms with Crippen molar-refractivity contribution in [3.05, 3.63) is 52.5 Å². The Labute approximate surface area is 260 Å². The largest absolute Gasteiger partial charge is 0.384 e. The number of benzene rings is 1. The summed E-state index contributed by atoms with van der Waals surface area (Å²) < 4.78 is 0. The Kier molecular flexibility index (Phi) is 15.3. The van der Waals surface area contributed by atoms with E-state index < -0.39 is 30.0 Å². The summed E-state index contributed by atoms with van der Waals surface area (Å²) in [6.07, 6.45) is 10.8. The number of hydrogen-bond donors (Lipinski definition) is 5. The number of aromatic nitrogens is 1. The number of carbonyl (C=O) groups excluding carboxylic acids is 3. The molecule has 1 saturated carbocycles. The third kappa shape index (κ3) is 12.5. The molecule has 3 amide bonds. The van der Waals surface area contributed by atoms with E-state index in [-0.39, 0.29) is 24.3 Å². The van der Waals surface area contributed by atoms with Crippen LogP contribution < -0.4 is 21.7 Å². The van der Waals surface area contributed by atoms with Crippen LogP contribution >= 0.6 is 11.3 Å². The first kappa shape index (κ1) is 34.8. The molecule has 1 aromatic carbocycles. The highest BCUT2D eigenvalue weighted by Crippen LogP contribution is 2.32. The van der Waals surface area contributed by atoms with Crippen LogP contribution in [0.15, 0.2) is 41.9 Å². The minimum atomic E-state index is -0.896. The highest BCUT2D eigenvalue weighted by Gasteiger charge is 2.33. The number of nitrogens with zero attached hydrogens (tertiary/aromatic N) is 1. The summed E-state index contributed by atoms with van der Waals surface area (Å²) in [6.45, 7) is 4.64. The van der Waals surface area contributed by atoms with Crippen LogP contribution in [0.25, 0.3) is 0 Å². The Bertz CT molecular complexity index is 1090. The van der Waals surface area contributed by atoms with Gasteiger partial charge < -0.3 is 21.5 Å². The van der Waals surface area contributed by atoms with E-state index in [0.29, 0.717) is 36.7 Å². The van der Waals surface area contributed by atoms with Crippen molar-refractivity contribution in [1.29, 1.82) is 0 Å². The van der Waals surface area contributed by atoms with Crippen molar-refractivity contribution in [1.82, 2.24) is 20.9 Å². The molecule has 1 aliphatic rings. The van der Waals surface area contributed by atoms with Crippen molar-refractivity contribution in [3.63, 3.8) is 0 Å². The molecule has 2 aromatic rings. The van der Waals surface area contributed by atoms with Crippen LogP contribution in [0.2, 0.25) is 0 Å². The Balaban J connectivity index is 1.73. The average Bonchev–Trinajstić information content (AvgIpc) is 3.54. The number of carbonyl (C=O) groups is 3. The van der Waals surface area contributed by atoms with E-state index in [1.54, 1.807) is 6.20 Å². The fourth-order valence-corrected chi connectivity index (χ4v) is 6.52. The molecule has 0 aliphatic heterocycles. The first-order valence-corrected chi connectivity index (χ1v) is 16.9. The van der Waals surface area contributed by atoms with Crippen molar-refractivity contribution >= 4 is 29.1 Å². The monoisotopic (exact) mass is 613 g/mol. The fraction of sp³-hybridized carbons (Fsp3) is 0.636. The Hall–Kier alpha value is -2.66. The van der Waals surface area contributed by atoms with Gasteiger partial charge in [0.25, 0.3) is 0 Å². The van der Waals surface area contributed by atoms with Crippen molar-refractivity contribution < 1.29 is 19.5 Å². The number of hydrogen-bond acceptors (Lipinski definition) is 8. The van der Waals surface area contributed by atoms with Gasteiger partial charge in [-0.2, -0.15) is 0 Å². The van der Waals surface area contributed by atoms with Gasteiger partial charge >= 0.3 is 0 Å². The predicted molar refractivity (Wildman–Crippen MR) is 171 cm³/mol. The molecule has 10 heteroatoms. The van der Waals surface area contributed by atoms with Gasteiger partial charge in [-0.3, -0.25) is 19.7 Å². The summed E-state index contributed by atoms with van der Waals surface area (Å²) in [4.78, 5) is 44.3. The summed E-state index contributed by atoms with van der Waals surface area (Å²) >= 11 is 1.40. The van der Waals surface area contributed by atoms with Crippen LogP contribution in [0.5, 0.6) is 0 Å². The van der Waals surface area contributed by atoms with Crippen molar-refractivity contribution in [2.75, 3.05) is 6.54 Å². The van der Waals surface area contributed by atoms with E-state index >= 15 is 0 Å². The van der Waals surface area contributed by atoms with Crippen LogP contribution in [0.1, 0.15) is 101 Å². The molecular formula is C33H51N5O4S. The second kappa shape index (κ2) is 18.9. The Morgan fingerprint density at radius 2 is 1.74 bits per heavy atom. The molecule has 0 bridgehead atoms. The topological polar surface area (TPSA) is 146 Å². The van der Waals surface area contributed by atoms with Gasteiger partial charge in [-0.15, -0.1) is 11.3 Å². The minimum Gasteiger partial charge on any atom is -0.384 e. The molecule has 9 nitrogen and oxygen atoms in total. The highest BCUT2D eigenvalue weighted by atomic mass is 32.1. The van der Waals surface area contributed by atoms with Crippen molar-refractivity contribution in [2.45, 2.75) is 115 Å². The van der Waals surface area contributed by atoms with Gasteiger partial charge in [-0.1, -0.05) is 82.7 Å². The third-order valence-electron chi connectivity index (χ3n) is 8.13. The van der Waals surface area contributed by atoms with E-state index in [0.717, 1.165) is 37.7 Å². The number of thiazole rings is 1.